The van der Waals surface area contributed by atoms with Crippen molar-refractivity contribution in [3.63, 3.8) is 0 Å². The number of hydrogen-bond acceptors (Lipinski definition) is 4. The Hall–Kier alpha value is -0.160. The van der Waals surface area contributed by atoms with E-state index in [0.29, 0.717) is 12.5 Å². The molecule has 2 N–H and O–H groups in total. The van der Waals surface area contributed by atoms with Gasteiger partial charge in [0, 0.05) is 12.5 Å². The van der Waals surface area contributed by atoms with Gasteiger partial charge in [0.2, 0.25) is 0 Å². The second kappa shape index (κ2) is 2.92. The first-order valence-corrected chi connectivity index (χ1v) is 5.42. The topological polar surface area (TPSA) is 53.7 Å². The second-order valence-corrected chi connectivity index (χ2v) is 4.69. The molecule has 3 heterocycles. The lowest BCUT2D eigenvalue weighted by atomic mass is 9.66. The van der Waals surface area contributed by atoms with Crippen LogP contribution in [0.15, 0.2) is 0 Å². The van der Waals surface area contributed by atoms with Gasteiger partial charge in [0.25, 0.3) is 5.97 Å². The van der Waals surface area contributed by atoms with Crippen molar-refractivity contribution in [3.8, 4) is 0 Å². The molecule has 4 nitrogen and oxygen atoms in total. The molecule has 4 heteroatoms. The molecule has 0 atom stereocenters. The molecule has 4 fully saturated rings. The fraction of sp³-hybridized carbons (Fsp3) is 1.00. The average molecular weight is 199 g/mol. The first-order valence-electron chi connectivity index (χ1n) is 5.42. The summed E-state index contributed by atoms with van der Waals surface area (Å²) >= 11 is 0. The zero-order valence-electron chi connectivity index (χ0n) is 8.33. The Balaban J connectivity index is 1.86. The Bertz CT molecular complexity index is 212. The van der Waals surface area contributed by atoms with Crippen molar-refractivity contribution in [2.45, 2.75) is 25.2 Å². The summed E-state index contributed by atoms with van der Waals surface area (Å²) in [5.41, 5.74) is 5.77. The van der Waals surface area contributed by atoms with Gasteiger partial charge in [0.1, 0.15) is 0 Å². The normalized spacial score (nSPS) is 44.8. The van der Waals surface area contributed by atoms with E-state index in [1.54, 1.807) is 0 Å². The van der Waals surface area contributed by atoms with Gasteiger partial charge in [-0.25, -0.2) is 0 Å². The SMILES string of the molecule is NCC1(C23OCC(CO2)CO3)CCC1. The van der Waals surface area contributed by atoms with Crippen molar-refractivity contribution < 1.29 is 14.2 Å². The zero-order valence-corrected chi connectivity index (χ0v) is 8.33. The summed E-state index contributed by atoms with van der Waals surface area (Å²) in [6, 6.07) is 0. The van der Waals surface area contributed by atoms with Crippen LogP contribution in [0.2, 0.25) is 0 Å². The van der Waals surface area contributed by atoms with Crippen LogP contribution in [0.1, 0.15) is 19.3 Å². The van der Waals surface area contributed by atoms with Crippen LogP contribution < -0.4 is 5.73 Å². The van der Waals surface area contributed by atoms with Gasteiger partial charge in [-0.1, -0.05) is 6.42 Å². The molecule has 80 valence electrons. The number of hydrogen-bond donors (Lipinski definition) is 1. The lowest BCUT2D eigenvalue weighted by Crippen LogP contribution is -2.67. The zero-order chi connectivity index (χ0) is 9.65. The molecule has 0 aromatic carbocycles. The van der Waals surface area contributed by atoms with Crippen LogP contribution in [-0.4, -0.2) is 32.3 Å². The summed E-state index contributed by atoms with van der Waals surface area (Å²) in [7, 11) is 0. The van der Waals surface area contributed by atoms with Crippen LogP contribution in [0.5, 0.6) is 0 Å². The minimum absolute atomic E-state index is 0.0710. The molecule has 14 heavy (non-hydrogen) atoms. The van der Waals surface area contributed by atoms with Gasteiger partial charge in [-0.15, -0.1) is 0 Å². The van der Waals surface area contributed by atoms with Gasteiger partial charge < -0.3 is 19.9 Å². The first kappa shape index (κ1) is 9.09. The molecule has 1 saturated carbocycles. The average Bonchev–Trinajstić information content (AvgIpc) is 2.19. The molecule has 0 aromatic rings. The summed E-state index contributed by atoms with van der Waals surface area (Å²) in [6.07, 6.45) is 3.33. The van der Waals surface area contributed by atoms with Gasteiger partial charge in [0.15, 0.2) is 0 Å². The van der Waals surface area contributed by atoms with Gasteiger partial charge in [-0.3, -0.25) is 0 Å². The fourth-order valence-corrected chi connectivity index (χ4v) is 2.65. The highest BCUT2D eigenvalue weighted by atomic mass is 16.9. The third kappa shape index (κ3) is 0.972. The smallest absolute Gasteiger partial charge is 0.290 e. The van der Waals surface area contributed by atoms with E-state index < -0.39 is 5.97 Å². The van der Waals surface area contributed by atoms with Crippen molar-refractivity contribution in [2.75, 3.05) is 26.4 Å². The van der Waals surface area contributed by atoms with Crippen molar-refractivity contribution in [3.05, 3.63) is 0 Å². The quantitative estimate of drug-likeness (QED) is 0.702. The molecule has 4 rings (SSSR count). The molecule has 0 unspecified atom stereocenters. The summed E-state index contributed by atoms with van der Waals surface area (Å²) in [5.74, 6) is -0.374. The first-order chi connectivity index (χ1) is 6.80. The fourth-order valence-electron chi connectivity index (χ4n) is 2.65. The third-order valence-corrected chi connectivity index (χ3v) is 3.88. The summed E-state index contributed by atoms with van der Waals surface area (Å²) in [4.78, 5) is 0. The van der Waals surface area contributed by atoms with Gasteiger partial charge in [-0.05, 0) is 12.8 Å². The van der Waals surface area contributed by atoms with E-state index in [-0.39, 0.29) is 5.41 Å². The van der Waals surface area contributed by atoms with Crippen LogP contribution in [0.25, 0.3) is 0 Å². The Morgan fingerprint density at radius 2 is 1.64 bits per heavy atom. The van der Waals surface area contributed by atoms with Gasteiger partial charge in [-0.2, -0.15) is 0 Å². The van der Waals surface area contributed by atoms with Gasteiger partial charge in [0.05, 0.1) is 25.2 Å². The maximum atomic E-state index is 5.84. The summed E-state index contributed by atoms with van der Waals surface area (Å²) in [6.45, 7) is 2.89. The van der Waals surface area contributed by atoms with E-state index in [1.165, 1.54) is 6.42 Å². The molecule has 3 aliphatic heterocycles. The predicted octanol–water partition coefficient (Wildman–Crippen LogP) is 0.462. The Morgan fingerprint density at radius 3 is 2.00 bits per heavy atom. The van der Waals surface area contributed by atoms with E-state index >= 15 is 0 Å². The standard InChI is InChI=1S/C10H17NO3/c11-7-9(2-1-3-9)10-12-4-8(5-13-10)6-14-10/h8H,1-7,11H2. The third-order valence-electron chi connectivity index (χ3n) is 3.88. The predicted molar refractivity (Wildman–Crippen MR) is 49.4 cm³/mol. The molecular weight excluding hydrogens is 182 g/mol. The number of ether oxygens (including phenoxy) is 3. The van der Waals surface area contributed by atoms with Crippen molar-refractivity contribution >= 4 is 0 Å². The minimum Gasteiger partial charge on any atom is -0.330 e. The highest BCUT2D eigenvalue weighted by molar-refractivity contribution is 4.99. The molecule has 0 amide bonds. The molecule has 2 bridgehead atoms. The molecule has 0 radical (unpaired) electrons. The van der Waals surface area contributed by atoms with Gasteiger partial charge >= 0.3 is 0 Å². The van der Waals surface area contributed by atoms with E-state index in [0.717, 1.165) is 32.7 Å². The van der Waals surface area contributed by atoms with Crippen LogP contribution in [0, 0.1) is 11.3 Å². The number of rotatable bonds is 2. The number of nitrogens with two attached hydrogens (primary N) is 1. The molecule has 0 aromatic heterocycles. The molecular formula is C10H17NO3. The Kier molecular flexibility index (Phi) is 1.89. The highest BCUT2D eigenvalue weighted by Gasteiger charge is 2.61. The monoisotopic (exact) mass is 199 g/mol. The Labute approximate surface area is 83.7 Å². The lowest BCUT2D eigenvalue weighted by molar-refractivity contribution is -0.495. The minimum atomic E-state index is -0.797. The maximum Gasteiger partial charge on any atom is 0.290 e. The van der Waals surface area contributed by atoms with Crippen LogP contribution in [-0.2, 0) is 14.2 Å². The van der Waals surface area contributed by atoms with Crippen LogP contribution in [0.3, 0.4) is 0 Å². The summed E-state index contributed by atoms with van der Waals surface area (Å²) < 4.78 is 17.2. The largest absolute Gasteiger partial charge is 0.330 e. The van der Waals surface area contributed by atoms with E-state index in [1.807, 2.05) is 0 Å². The Morgan fingerprint density at radius 1 is 1.07 bits per heavy atom. The second-order valence-electron chi connectivity index (χ2n) is 4.69. The van der Waals surface area contributed by atoms with Crippen molar-refractivity contribution in [2.24, 2.45) is 17.1 Å². The van der Waals surface area contributed by atoms with Crippen LogP contribution >= 0.6 is 0 Å². The highest BCUT2D eigenvalue weighted by Crippen LogP contribution is 2.54. The molecule has 4 aliphatic rings. The summed E-state index contributed by atoms with van der Waals surface area (Å²) in [5, 5.41) is 0. The lowest BCUT2D eigenvalue weighted by Gasteiger charge is -2.58. The maximum absolute atomic E-state index is 5.84. The van der Waals surface area contributed by atoms with E-state index in [9.17, 15) is 0 Å². The van der Waals surface area contributed by atoms with E-state index in [2.05, 4.69) is 0 Å². The molecule has 0 spiro atoms. The number of fused-ring (bicyclic) bond motifs is 3. The molecule has 1 aliphatic carbocycles. The van der Waals surface area contributed by atoms with Crippen molar-refractivity contribution in [1.29, 1.82) is 0 Å². The van der Waals surface area contributed by atoms with Crippen molar-refractivity contribution in [1.82, 2.24) is 0 Å². The molecule has 3 saturated heterocycles. The van der Waals surface area contributed by atoms with Crippen LogP contribution in [0.4, 0.5) is 0 Å². The van der Waals surface area contributed by atoms with E-state index in [4.69, 9.17) is 19.9 Å².